The third-order valence-electron chi connectivity index (χ3n) is 3.55. The van der Waals surface area contributed by atoms with Gasteiger partial charge in [-0.1, -0.05) is 0 Å². The van der Waals surface area contributed by atoms with E-state index in [1.807, 2.05) is 4.90 Å². The number of halogens is 3. The number of rotatable bonds is 3. The summed E-state index contributed by atoms with van der Waals surface area (Å²) in [6, 6.07) is 10.0. The van der Waals surface area contributed by atoms with Gasteiger partial charge in [0.2, 0.25) is 5.71 Å². The van der Waals surface area contributed by atoms with E-state index in [9.17, 15) is 18.0 Å². The SMILES string of the molecule is N#CC(C#N)=NNc1ccc(N2CCN(C(=O)C(F)(F)F)CC2)cc1. The second kappa shape index (κ2) is 7.53. The monoisotopic (exact) mass is 350 g/mol. The summed E-state index contributed by atoms with van der Waals surface area (Å²) in [6.07, 6.45) is -4.85. The van der Waals surface area contributed by atoms with Crippen LogP contribution >= 0.6 is 0 Å². The lowest BCUT2D eigenvalue weighted by Crippen LogP contribution is -2.52. The molecule has 1 N–H and O–H groups in total. The van der Waals surface area contributed by atoms with Gasteiger partial charge in [-0.2, -0.15) is 28.8 Å². The van der Waals surface area contributed by atoms with E-state index in [4.69, 9.17) is 10.5 Å². The number of carbonyl (C=O) groups is 1. The molecule has 1 aliphatic rings. The van der Waals surface area contributed by atoms with Gasteiger partial charge in [-0.15, -0.1) is 0 Å². The molecule has 10 heteroatoms. The Morgan fingerprint density at radius 1 is 1.08 bits per heavy atom. The van der Waals surface area contributed by atoms with Crippen molar-refractivity contribution in [2.75, 3.05) is 36.5 Å². The quantitative estimate of drug-likeness (QED) is 0.661. The molecule has 130 valence electrons. The van der Waals surface area contributed by atoms with Crippen molar-refractivity contribution in [3.8, 4) is 12.1 Å². The van der Waals surface area contributed by atoms with Crippen molar-refractivity contribution in [2.24, 2.45) is 5.10 Å². The molecule has 1 fully saturated rings. The number of hydrogen-bond acceptors (Lipinski definition) is 6. The predicted octanol–water partition coefficient (Wildman–Crippen LogP) is 1.71. The number of amides is 1. The first-order chi connectivity index (χ1) is 11.8. The highest BCUT2D eigenvalue weighted by molar-refractivity contribution is 6.10. The van der Waals surface area contributed by atoms with Crippen molar-refractivity contribution in [2.45, 2.75) is 6.18 Å². The van der Waals surface area contributed by atoms with Crippen molar-refractivity contribution in [3.63, 3.8) is 0 Å². The number of alkyl halides is 3. The normalized spacial score (nSPS) is 14.3. The van der Waals surface area contributed by atoms with Crippen LogP contribution in [-0.4, -0.2) is 48.9 Å². The summed E-state index contributed by atoms with van der Waals surface area (Å²) in [5.74, 6) is -1.81. The van der Waals surface area contributed by atoms with Crippen LogP contribution in [0.5, 0.6) is 0 Å². The van der Waals surface area contributed by atoms with Crippen LogP contribution < -0.4 is 10.3 Å². The largest absolute Gasteiger partial charge is 0.471 e. The molecule has 0 unspecified atom stereocenters. The topological polar surface area (TPSA) is 95.5 Å². The molecule has 1 amide bonds. The van der Waals surface area contributed by atoms with Crippen molar-refractivity contribution in [3.05, 3.63) is 24.3 Å². The molecule has 1 saturated heterocycles. The zero-order valence-corrected chi connectivity index (χ0v) is 12.9. The van der Waals surface area contributed by atoms with E-state index >= 15 is 0 Å². The third kappa shape index (κ3) is 4.61. The fourth-order valence-corrected chi connectivity index (χ4v) is 2.29. The molecule has 0 atom stereocenters. The maximum absolute atomic E-state index is 12.4. The number of hydrazone groups is 1. The molecule has 0 aliphatic carbocycles. The van der Waals surface area contributed by atoms with Gasteiger partial charge in [0, 0.05) is 31.9 Å². The fraction of sp³-hybridized carbons (Fsp3) is 0.333. The average Bonchev–Trinajstić information content (AvgIpc) is 2.62. The van der Waals surface area contributed by atoms with E-state index in [-0.39, 0.29) is 18.8 Å². The maximum Gasteiger partial charge on any atom is 0.471 e. The number of hydrogen-bond donors (Lipinski definition) is 1. The molecule has 2 rings (SSSR count). The Morgan fingerprint density at radius 3 is 2.12 bits per heavy atom. The molecular weight excluding hydrogens is 337 g/mol. The van der Waals surface area contributed by atoms with E-state index in [0.717, 1.165) is 10.6 Å². The van der Waals surface area contributed by atoms with Gasteiger partial charge in [0.1, 0.15) is 12.1 Å². The maximum atomic E-state index is 12.4. The summed E-state index contributed by atoms with van der Waals surface area (Å²) in [7, 11) is 0. The molecule has 1 aromatic carbocycles. The standard InChI is InChI=1S/C15H13F3N6O/c16-15(17,18)14(25)24-7-5-23(6-8-24)13-3-1-11(2-4-13)21-22-12(9-19)10-20/h1-4,21H,5-8H2. The van der Waals surface area contributed by atoms with Crippen molar-refractivity contribution in [1.29, 1.82) is 10.5 Å². The second-order valence-electron chi connectivity index (χ2n) is 5.12. The molecule has 0 aromatic heterocycles. The number of nitrogens with zero attached hydrogens (tertiary/aromatic N) is 5. The van der Waals surface area contributed by atoms with E-state index in [1.165, 1.54) is 0 Å². The Hall–Kier alpha value is -3.27. The first-order valence-electron chi connectivity index (χ1n) is 7.20. The Balaban J connectivity index is 1.94. The van der Waals surface area contributed by atoms with Gasteiger partial charge in [-0.05, 0) is 24.3 Å². The molecule has 0 bridgehead atoms. The summed E-state index contributed by atoms with van der Waals surface area (Å²) in [5, 5.41) is 20.8. The Bertz CT molecular complexity index is 721. The van der Waals surface area contributed by atoms with Crippen LogP contribution in [0.3, 0.4) is 0 Å². The summed E-state index contributed by atoms with van der Waals surface area (Å²) >= 11 is 0. The van der Waals surface area contributed by atoms with Gasteiger partial charge < -0.3 is 9.80 Å². The lowest BCUT2D eigenvalue weighted by molar-refractivity contribution is -0.185. The Morgan fingerprint density at radius 2 is 1.64 bits per heavy atom. The molecular formula is C15H13F3N6O. The van der Waals surface area contributed by atoms with Crippen LogP contribution in [0.1, 0.15) is 0 Å². The summed E-state index contributed by atoms with van der Waals surface area (Å²) in [5.41, 5.74) is 3.59. The molecule has 1 aliphatic heterocycles. The molecule has 1 aromatic rings. The first-order valence-corrected chi connectivity index (χ1v) is 7.20. The second-order valence-corrected chi connectivity index (χ2v) is 5.12. The van der Waals surface area contributed by atoms with Gasteiger partial charge in [-0.25, -0.2) is 0 Å². The van der Waals surface area contributed by atoms with Crippen LogP contribution in [0.25, 0.3) is 0 Å². The number of carbonyl (C=O) groups excluding carboxylic acids is 1. The van der Waals surface area contributed by atoms with E-state index in [0.29, 0.717) is 18.8 Å². The molecule has 1 heterocycles. The van der Waals surface area contributed by atoms with Gasteiger partial charge in [0.05, 0.1) is 5.69 Å². The number of nitrogens with one attached hydrogen (secondary N) is 1. The molecule has 0 saturated carbocycles. The van der Waals surface area contributed by atoms with E-state index < -0.39 is 12.1 Å². The van der Waals surface area contributed by atoms with Crippen LogP contribution in [0.15, 0.2) is 29.4 Å². The first kappa shape index (κ1) is 18.1. The summed E-state index contributed by atoms with van der Waals surface area (Å²) in [4.78, 5) is 13.9. The third-order valence-corrected chi connectivity index (χ3v) is 3.55. The van der Waals surface area contributed by atoms with Crippen molar-refractivity contribution < 1.29 is 18.0 Å². The number of nitriles is 2. The van der Waals surface area contributed by atoms with Gasteiger partial charge in [0.25, 0.3) is 0 Å². The number of piperazine rings is 1. The van der Waals surface area contributed by atoms with Gasteiger partial charge in [0.15, 0.2) is 0 Å². The van der Waals surface area contributed by atoms with E-state index in [1.54, 1.807) is 36.4 Å². The minimum atomic E-state index is -4.85. The lowest BCUT2D eigenvalue weighted by atomic mass is 10.2. The predicted molar refractivity (Wildman–Crippen MR) is 83.6 cm³/mol. The Labute approximate surface area is 141 Å². The molecule has 0 radical (unpaired) electrons. The minimum Gasteiger partial charge on any atom is -0.368 e. The van der Waals surface area contributed by atoms with Crippen LogP contribution in [0, 0.1) is 22.7 Å². The van der Waals surface area contributed by atoms with Gasteiger partial charge >= 0.3 is 12.1 Å². The zero-order valence-electron chi connectivity index (χ0n) is 12.9. The molecule has 7 nitrogen and oxygen atoms in total. The summed E-state index contributed by atoms with van der Waals surface area (Å²) < 4.78 is 37.2. The van der Waals surface area contributed by atoms with Crippen molar-refractivity contribution in [1.82, 2.24) is 4.90 Å². The lowest BCUT2D eigenvalue weighted by Gasteiger charge is -2.36. The van der Waals surface area contributed by atoms with Crippen LogP contribution in [0.2, 0.25) is 0 Å². The zero-order chi connectivity index (χ0) is 18.4. The van der Waals surface area contributed by atoms with Crippen LogP contribution in [0.4, 0.5) is 24.5 Å². The number of benzene rings is 1. The van der Waals surface area contributed by atoms with Gasteiger partial charge in [-0.3, -0.25) is 10.2 Å². The Kier molecular flexibility index (Phi) is 5.45. The highest BCUT2D eigenvalue weighted by atomic mass is 19.4. The highest BCUT2D eigenvalue weighted by Crippen LogP contribution is 2.22. The molecule has 25 heavy (non-hydrogen) atoms. The minimum absolute atomic E-state index is 0.00363. The smallest absolute Gasteiger partial charge is 0.368 e. The highest BCUT2D eigenvalue weighted by Gasteiger charge is 2.43. The number of anilines is 2. The summed E-state index contributed by atoms with van der Waals surface area (Å²) in [6.45, 7) is 0.576. The average molecular weight is 350 g/mol. The van der Waals surface area contributed by atoms with E-state index in [2.05, 4.69) is 10.5 Å². The fourth-order valence-electron chi connectivity index (χ4n) is 2.29. The molecule has 0 spiro atoms. The van der Waals surface area contributed by atoms with Crippen LogP contribution in [-0.2, 0) is 4.79 Å². The van der Waals surface area contributed by atoms with Crippen molar-refractivity contribution >= 4 is 23.0 Å².